The van der Waals surface area contributed by atoms with Crippen LogP contribution in [0.4, 0.5) is 11.4 Å². The normalized spacial score (nSPS) is 11.3. The van der Waals surface area contributed by atoms with Gasteiger partial charge in [0.1, 0.15) is 22.3 Å². The zero-order chi connectivity index (χ0) is 36.2. The van der Waals surface area contributed by atoms with Crippen LogP contribution >= 0.6 is 0 Å². The van der Waals surface area contributed by atoms with Crippen LogP contribution in [0.5, 0.6) is 0 Å². The molecule has 7 heteroatoms. The van der Waals surface area contributed by atoms with Gasteiger partial charge in [0.2, 0.25) is 0 Å². The molecule has 7 nitrogen and oxygen atoms in total. The highest BCUT2D eigenvalue weighted by atomic mass is 16.3. The van der Waals surface area contributed by atoms with Gasteiger partial charge >= 0.3 is 0 Å². The molecule has 0 bridgehead atoms. The Morgan fingerprint density at radius 3 is 1.22 bits per heavy atom. The molecule has 0 fully saturated rings. The van der Waals surface area contributed by atoms with Gasteiger partial charge in [-0.3, -0.25) is 0 Å². The van der Waals surface area contributed by atoms with Gasteiger partial charge in [0.15, 0.2) is 28.8 Å². The third-order valence-corrected chi connectivity index (χ3v) is 9.70. The van der Waals surface area contributed by atoms with E-state index in [2.05, 4.69) is 34.0 Å². The molecule has 0 radical (unpaired) electrons. The van der Waals surface area contributed by atoms with E-state index in [0.717, 1.165) is 71.7 Å². The zero-order valence-corrected chi connectivity index (χ0v) is 28.5. The Balaban J connectivity index is 1.14. The second kappa shape index (κ2) is 12.4. The molecule has 10 aromatic rings. The van der Waals surface area contributed by atoms with E-state index < -0.39 is 0 Å². The predicted octanol–water partition coefficient (Wildman–Crippen LogP) is 13.1. The van der Waals surface area contributed by atoms with Gasteiger partial charge in [-0.2, -0.15) is 0 Å². The van der Waals surface area contributed by atoms with E-state index in [1.54, 1.807) is 0 Å². The summed E-state index contributed by atoms with van der Waals surface area (Å²) in [7, 11) is 0. The molecule has 0 saturated carbocycles. The first-order chi connectivity index (χ1) is 26.6. The molecule has 0 saturated heterocycles. The van der Waals surface area contributed by atoms with Gasteiger partial charge < -0.3 is 8.83 Å². The summed E-state index contributed by atoms with van der Waals surface area (Å²) < 4.78 is 12.2. The van der Waals surface area contributed by atoms with Crippen LogP contribution in [-0.4, -0.2) is 15.0 Å². The third-order valence-electron chi connectivity index (χ3n) is 9.70. The van der Waals surface area contributed by atoms with Gasteiger partial charge in [-0.25, -0.2) is 24.6 Å². The fourth-order valence-electron chi connectivity index (χ4n) is 7.10. The lowest BCUT2D eigenvalue weighted by Crippen LogP contribution is -2.00. The van der Waals surface area contributed by atoms with E-state index in [0.29, 0.717) is 40.0 Å². The molecule has 0 unspecified atom stereocenters. The van der Waals surface area contributed by atoms with Gasteiger partial charge in [-0.15, -0.1) is 0 Å². The lowest BCUT2D eigenvalue weighted by atomic mass is 9.99. The lowest BCUT2D eigenvalue weighted by molar-refractivity contribution is 0.668. The van der Waals surface area contributed by atoms with E-state index in [9.17, 15) is 0 Å². The highest BCUT2D eigenvalue weighted by Gasteiger charge is 2.17. The molecule has 0 atom stereocenters. The monoisotopic (exact) mass is 691 g/mol. The van der Waals surface area contributed by atoms with Crippen molar-refractivity contribution in [1.29, 1.82) is 0 Å². The Bertz CT molecular complexity index is 3010. The molecular formula is C47H25N5O2. The molecule has 0 N–H and O–H groups in total. The van der Waals surface area contributed by atoms with E-state index >= 15 is 0 Å². The number of para-hydroxylation sites is 2. The Kier molecular flexibility index (Phi) is 7.11. The van der Waals surface area contributed by atoms with Crippen molar-refractivity contribution in [2.75, 3.05) is 0 Å². The fraction of sp³-hybridized carbons (Fsp3) is 0. The molecule has 250 valence electrons. The smallest absolute Gasteiger partial charge is 0.188 e. The summed E-state index contributed by atoms with van der Waals surface area (Å²) >= 11 is 0. The molecule has 3 heterocycles. The fourth-order valence-corrected chi connectivity index (χ4v) is 7.10. The maximum absolute atomic E-state index is 7.99. The van der Waals surface area contributed by atoms with Gasteiger partial charge in [0.05, 0.1) is 13.1 Å². The molecule has 10 rings (SSSR count). The van der Waals surface area contributed by atoms with Crippen molar-refractivity contribution >= 4 is 55.3 Å². The Morgan fingerprint density at radius 1 is 0.333 bits per heavy atom. The van der Waals surface area contributed by atoms with E-state index in [4.69, 9.17) is 36.9 Å². The van der Waals surface area contributed by atoms with E-state index in [1.165, 1.54) is 0 Å². The minimum absolute atomic E-state index is 0.418. The van der Waals surface area contributed by atoms with Crippen LogP contribution in [0.15, 0.2) is 160 Å². The largest absolute Gasteiger partial charge is 0.456 e. The molecular weight excluding hydrogens is 667 g/mol. The van der Waals surface area contributed by atoms with Crippen LogP contribution in [0, 0.1) is 13.1 Å². The predicted molar refractivity (Wildman–Crippen MR) is 214 cm³/mol. The van der Waals surface area contributed by atoms with Crippen molar-refractivity contribution in [2.24, 2.45) is 0 Å². The average Bonchev–Trinajstić information content (AvgIpc) is 3.81. The molecule has 0 spiro atoms. The maximum atomic E-state index is 7.99. The first kappa shape index (κ1) is 30.9. The summed E-state index contributed by atoms with van der Waals surface area (Å²) in [5, 5.41) is 4.07. The minimum atomic E-state index is 0.418. The highest BCUT2D eigenvalue weighted by Crippen LogP contribution is 2.38. The Hall–Kier alpha value is -7.87. The van der Waals surface area contributed by atoms with Crippen molar-refractivity contribution in [3.05, 3.63) is 174 Å². The van der Waals surface area contributed by atoms with Crippen molar-refractivity contribution in [2.45, 2.75) is 0 Å². The number of benzene rings is 7. The topological polar surface area (TPSA) is 73.7 Å². The summed E-state index contributed by atoms with van der Waals surface area (Å²) in [5.41, 5.74) is 9.94. The second-order valence-corrected chi connectivity index (χ2v) is 13.1. The van der Waals surface area contributed by atoms with Crippen LogP contribution in [0.3, 0.4) is 0 Å². The standard InChI is InChI=1S/C47H25N5O2/c1-48-35-22-31(29-16-18-43-39(26-29)37-12-6-8-14-41(37)53-43)20-33(24-35)46-50-45(28-10-4-3-5-11-28)51-47(52-46)34-21-32(23-36(25-34)49-2)30-17-19-44-40(27-30)38-13-7-9-15-42(38)54-44/h3-27H. The molecule has 0 amide bonds. The number of fused-ring (bicyclic) bond motifs is 6. The number of nitrogens with zero attached hydrogens (tertiary/aromatic N) is 5. The first-order valence-corrected chi connectivity index (χ1v) is 17.3. The van der Waals surface area contributed by atoms with Crippen molar-refractivity contribution in [3.63, 3.8) is 0 Å². The summed E-state index contributed by atoms with van der Waals surface area (Å²) in [5.74, 6) is 1.32. The van der Waals surface area contributed by atoms with Crippen LogP contribution in [0.2, 0.25) is 0 Å². The van der Waals surface area contributed by atoms with Crippen molar-refractivity contribution in [1.82, 2.24) is 15.0 Å². The molecule has 0 aliphatic rings. The Morgan fingerprint density at radius 2 is 0.741 bits per heavy atom. The number of hydrogen-bond donors (Lipinski definition) is 0. The SMILES string of the molecule is [C-]#[N+]c1cc(-c2ccc3oc4ccccc4c3c2)cc(-c2nc(-c3ccccc3)nc(-c3cc([N+]#[C-])cc(-c4ccc5oc6ccccc6c5c4)c3)n2)c1. The number of aromatic nitrogens is 3. The minimum Gasteiger partial charge on any atom is -0.456 e. The van der Waals surface area contributed by atoms with Crippen LogP contribution < -0.4 is 0 Å². The first-order valence-electron chi connectivity index (χ1n) is 17.3. The molecule has 3 aromatic heterocycles. The van der Waals surface area contributed by atoms with Gasteiger partial charge in [-0.1, -0.05) is 78.9 Å². The highest BCUT2D eigenvalue weighted by molar-refractivity contribution is 6.07. The summed E-state index contributed by atoms with van der Waals surface area (Å²) in [6.07, 6.45) is 0. The van der Waals surface area contributed by atoms with E-state index in [1.807, 2.05) is 127 Å². The van der Waals surface area contributed by atoms with Crippen LogP contribution in [0.1, 0.15) is 0 Å². The summed E-state index contributed by atoms with van der Waals surface area (Å²) in [6.45, 7) is 16.0. The summed E-state index contributed by atoms with van der Waals surface area (Å²) in [6, 6.07) is 49.3. The number of furan rings is 2. The van der Waals surface area contributed by atoms with E-state index in [-0.39, 0.29) is 0 Å². The van der Waals surface area contributed by atoms with Crippen LogP contribution in [-0.2, 0) is 0 Å². The van der Waals surface area contributed by atoms with Crippen molar-refractivity contribution in [3.8, 4) is 56.4 Å². The zero-order valence-electron chi connectivity index (χ0n) is 28.5. The van der Waals surface area contributed by atoms with Gasteiger partial charge in [0.25, 0.3) is 0 Å². The third kappa shape index (κ3) is 5.33. The van der Waals surface area contributed by atoms with Crippen LogP contribution in [0.25, 0.3) is 110 Å². The molecule has 7 aromatic carbocycles. The van der Waals surface area contributed by atoms with Crippen molar-refractivity contribution < 1.29 is 8.83 Å². The maximum Gasteiger partial charge on any atom is 0.188 e. The summed E-state index contributed by atoms with van der Waals surface area (Å²) in [4.78, 5) is 22.6. The second-order valence-electron chi connectivity index (χ2n) is 13.1. The van der Waals surface area contributed by atoms with Gasteiger partial charge in [-0.05, 0) is 95.1 Å². The quantitative estimate of drug-likeness (QED) is 0.168. The lowest BCUT2D eigenvalue weighted by Gasteiger charge is -2.12. The molecule has 54 heavy (non-hydrogen) atoms. The molecule has 0 aliphatic carbocycles. The number of rotatable bonds is 5. The van der Waals surface area contributed by atoms with Gasteiger partial charge in [0, 0.05) is 38.2 Å². The average molecular weight is 692 g/mol. The number of hydrogen-bond acceptors (Lipinski definition) is 5. The molecule has 0 aliphatic heterocycles. The Labute approximate surface area is 309 Å².